The van der Waals surface area contributed by atoms with Crippen molar-refractivity contribution in [1.82, 2.24) is 0 Å². The lowest BCUT2D eigenvalue weighted by Gasteiger charge is -2.01. The van der Waals surface area contributed by atoms with Crippen LogP contribution in [-0.2, 0) is 23.8 Å². The third-order valence-corrected chi connectivity index (χ3v) is 1.21. The predicted octanol–water partition coefficient (Wildman–Crippen LogP) is -1.19. The molecule has 0 radical (unpaired) electrons. The average molecular weight is 190 g/mol. The maximum Gasteiger partial charge on any atom is 0.319 e. The van der Waals surface area contributed by atoms with Gasteiger partial charge >= 0.3 is 11.9 Å². The minimum absolute atomic E-state index is 0.105. The molecule has 0 aliphatic carbocycles. The van der Waals surface area contributed by atoms with Crippen LogP contribution in [0.25, 0.3) is 0 Å². The molecule has 1 N–H and O–H groups in total. The minimum Gasteiger partial charge on any atom is -0.463 e. The van der Waals surface area contributed by atoms with E-state index < -0.39 is 24.6 Å². The van der Waals surface area contributed by atoms with E-state index in [4.69, 9.17) is 5.11 Å². The Morgan fingerprint density at radius 1 is 1.46 bits per heavy atom. The van der Waals surface area contributed by atoms with Crippen molar-refractivity contribution in [2.75, 3.05) is 19.8 Å². The quantitative estimate of drug-likeness (QED) is 0.333. The van der Waals surface area contributed by atoms with Crippen LogP contribution in [0.3, 0.4) is 0 Å². The summed E-state index contributed by atoms with van der Waals surface area (Å²) in [7, 11) is 0. The first-order valence-corrected chi connectivity index (χ1v) is 3.80. The molecule has 6 heteroatoms. The maximum atomic E-state index is 10.8. The summed E-state index contributed by atoms with van der Waals surface area (Å²) in [6, 6.07) is 0. The molecule has 0 bridgehead atoms. The van der Waals surface area contributed by atoms with E-state index in [-0.39, 0.29) is 13.2 Å². The second-order valence-electron chi connectivity index (χ2n) is 2.37. The highest BCUT2D eigenvalue weighted by Crippen LogP contribution is 2.11. The van der Waals surface area contributed by atoms with Crippen LogP contribution < -0.4 is 0 Å². The zero-order valence-corrected chi connectivity index (χ0v) is 6.89. The van der Waals surface area contributed by atoms with Crippen molar-refractivity contribution >= 4 is 11.9 Å². The molecule has 0 amide bonds. The maximum absolute atomic E-state index is 10.8. The molecule has 13 heavy (non-hydrogen) atoms. The van der Waals surface area contributed by atoms with Gasteiger partial charge in [-0.3, -0.25) is 9.59 Å². The Kier molecular flexibility index (Phi) is 3.66. The molecule has 1 fully saturated rings. The third kappa shape index (κ3) is 4.44. The van der Waals surface area contributed by atoms with Crippen molar-refractivity contribution in [3.8, 4) is 0 Å². The Morgan fingerprint density at radius 2 is 2.15 bits per heavy atom. The van der Waals surface area contributed by atoms with Crippen molar-refractivity contribution in [2.24, 2.45) is 0 Å². The Bertz CT molecular complexity index is 197. The molecule has 1 saturated heterocycles. The van der Waals surface area contributed by atoms with E-state index in [0.29, 0.717) is 6.61 Å². The summed E-state index contributed by atoms with van der Waals surface area (Å²) in [5, 5.41) is 8.29. The zero-order chi connectivity index (χ0) is 9.68. The summed E-state index contributed by atoms with van der Waals surface area (Å²) in [6.07, 6.45) is -0.932. The predicted molar refractivity (Wildman–Crippen MR) is 38.5 cm³/mol. The molecule has 0 aromatic rings. The highest BCUT2D eigenvalue weighted by atomic mass is 16.8. The van der Waals surface area contributed by atoms with Crippen LogP contribution in [0.2, 0.25) is 0 Å². The fourth-order valence-corrected chi connectivity index (χ4v) is 0.624. The van der Waals surface area contributed by atoms with Gasteiger partial charge in [0.15, 0.2) is 0 Å². The van der Waals surface area contributed by atoms with E-state index in [9.17, 15) is 9.59 Å². The Morgan fingerprint density at radius 3 is 2.69 bits per heavy atom. The van der Waals surface area contributed by atoms with Crippen molar-refractivity contribution in [3.05, 3.63) is 0 Å². The van der Waals surface area contributed by atoms with Gasteiger partial charge in [-0.2, -0.15) is 0 Å². The van der Waals surface area contributed by atoms with Crippen LogP contribution in [0.1, 0.15) is 6.42 Å². The molecule has 1 heterocycles. The molecule has 1 rings (SSSR count). The van der Waals surface area contributed by atoms with E-state index in [2.05, 4.69) is 14.2 Å². The lowest BCUT2D eigenvalue weighted by Crippen LogP contribution is -2.16. The molecule has 1 unspecified atom stereocenters. The highest BCUT2D eigenvalue weighted by molar-refractivity contribution is 5.91. The fourth-order valence-electron chi connectivity index (χ4n) is 0.624. The summed E-state index contributed by atoms with van der Waals surface area (Å²) < 4.78 is 13.6. The monoisotopic (exact) mass is 190 g/mol. The topological polar surface area (TPSA) is 85.4 Å². The molecule has 1 atom stereocenters. The van der Waals surface area contributed by atoms with E-state index in [1.54, 1.807) is 0 Å². The lowest BCUT2D eigenvalue weighted by molar-refractivity contribution is -0.157. The SMILES string of the molecule is O=C(CC(=O)OC1CO1)OCCO. The van der Waals surface area contributed by atoms with Crippen molar-refractivity contribution < 1.29 is 28.9 Å². The summed E-state index contributed by atoms with van der Waals surface area (Å²) >= 11 is 0. The molecular weight excluding hydrogens is 180 g/mol. The number of carbonyl (C=O) groups excluding carboxylic acids is 2. The zero-order valence-electron chi connectivity index (χ0n) is 6.89. The summed E-state index contributed by atoms with van der Waals surface area (Å²) in [6.45, 7) is 0.0238. The number of aliphatic hydroxyl groups excluding tert-OH is 1. The minimum atomic E-state index is -0.709. The number of rotatable bonds is 5. The van der Waals surface area contributed by atoms with Gasteiger partial charge in [0.25, 0.3) is 0 Å². The fraction of sp³-hybridized carbons (Fsp3) is 0.714. The molecule has 0 aromatic heterocycles. The molecule has 0 spiro atoms. The van der Waals surface area contributed by atoms with Crippen molar-refractivity contribution in [3.63, 3.8) is 0 Å². The van der Waals surface area contributed by atoms with E-state index >= 15 is 0 Å². The molecular formula is C7H10O6. The smallest absolute Gasteiger partial charge is 0.319 e. The van der Waals surface area contributed by atoms with E-state index in [1.165, 1.54) is 0 Å². The summed E-state index contributed by atoms with van der Waals surface area (Å²) in [5.74, 6) is -1.38. The first-order chi connectivity index (χ1) is 6.22. The van der Waals surface area contributed by atoms with Gasteiger partial charge in [-0.15, -0.1) is 0 Å². The molecule has 0 aromatic carbocycles. The second kappa shape index (κ2) is 4.78. The van der Waals surface area contributed by atoms with Crippen LogP contribution in [0, 0.1) is 0 Å². The van der Waals surface area contributed by atoms with Gasteiger partial charge in [0.1, 0.15) is 19.6 Å². The largest absolute Gasteiger partial charge is 0.463 e. The first kappa shape index (κ1) is 9.94. The van der Waals surface area contributed by atoms with Crippen LogP contribution >= 0.6 is 0 Å². The molecule has 0 saturated carbocycles. The van der Waals surface area contributed by atoms with Gasteiger partial charge in [0.05, 0.1) is 6.61 Å². The molecule has 1 aliphatic heterocycles. The molecule has 6 nitrogen and oxygen atoms in total. The first-order valence-electron chi connectivity index (χ1n) is 3.80. The van der Waals surface area contributed by atoms with Crippen LogP contribution in [-0.4, -0.2) is 43.2 Å². The van der Waals surface area contributed by atoms with Gasteiger partial charge in [0, 0.05) is 0 Å². The number of aliphatic hydroxyl groups is 1. The van der Waals surface area contributed by atoms with Crippen LogP contribution in [0.4, 0.5) is 0 Å². The number of epoxide rings is 1. The van der Waals surface area contributed by atoms with Gasteiger partial charge in [-0.05, 0) is 0 Å². The summed E-state index contributed by atoms with van der Waals surface area (Å²) in [4.78, 5) is 21.5. The standard InChI is InChI=1S/C7H10O6/c8-1-2-11-5(9)3-6(10)13-7-4-12-7/h7-8H,1-4H2. The highest BCUT2D eigenvalue weighted by Gasteiger charge is 2.28. The molecule has 1 aliphatic rings. The van der Waals surface area contributed by atoms with Gasteiger partial charge < -0.3 is 19.3 Å². The third-order valence-electron chi connectivity index (χ3n) is 1.21. The van der Waals surface area contributed by atoms with Gasteiger partial charge in [-0.1, -0.05) is 0 Å². The number of esters is 2. The van der Waals surface area contributed by atoms with Crippen LogP contribution in [0.15, 0.2) is 0 Å². The van der Waals surface area contributed by atoms with Gasteiger partial charge in [0.2, 0.25) is 6.29 Å². The Labute approximate surface area is 74.4 Å². The number of ether oxygens (including phenoxy) is 3. The van der Waals surface area contributed by atoms with Crippen molar-refractivity contribution in [1.29, 1.82) is 0 Å². The molecule has 74 valence electrons. The lowest BCUT2D eigenvalue weighted by atomic mass is 10.4. The normalized spacial score (nSPS) is 19.3. The van der Waals surface area contributed by atoms with E-state index in [1.807, 2.05) is 0 Å². The Hall–Kier alpha value is -1.14. The van der Waals surface area contributed by atoms with Crippen molar-refractivity contribution in [2.45, 2.75) is 12.7 Å². The van der Waals surface area contributed by atoms with Gasteiger partial charge in [-0.25, -0.2) is 0 Å². The number of carbonyl (C=O) groups is 2. The Balaban J connectivity index is 2.07. The average Bonchev–Trinajstić information content (AvgIpc) is 2.84. The van der Waals surface area contributed by atoms with Crippen LogP contribution in [0.5, 0.6) is 0 Å². The number of hydrogen-bond acceptors (Lipinski definition) is 6. The summed E-state index contributed by atoms with van der Waals surface area (Å²) in [5.41, 5.74) is 0. The second-order valence-corrected chi connectivity index (χ2v) is 2.37. The van der Waals surface area contributed by atoms with E-state index in [0.717, 1.165) is 0 Å². The number of hydrogen-bond donors (Lipinski definition) is 1.